The van der Waals surface area contributed by atoms with Crippen LogP contribution >= 0.6 is 27.3 Å². The Hall–Kier alpha value is -1.63. The number of hydrogen-bond acceptors (Lipinski definition) is 3. The maximum absolute atomic E-state index is 11.3. The van der Waals surface area contributed by atoms with E-state index in [2.05, 4.69) is 20.9 Å². The van der Waals surface area contributed by atoms with E-state index in [1.165, 1.54) is 5.56 Å². The number of H-pyrrole nitrogens is 1. The third kappa shape index (κ3) is 3.20. The average molecular weight is 393 g/mol. The lowest BCUT2D eigenvalue weighted by Gasteiger charge is -2.04. The molecule has 0 aliphatic rings. The average Bonchev–Trinajstić information content (AvgIpc) is 3.10. The molecule has 0 radical (unpaired) electrons. The summed E-state index contributed by atoms with van der Waals surface area (Å²) in [5.41, 5.74) is 9.13. The Bertz CT molecular complexity index is 854. The molecule has 0 aliphatic carbocycles. The Morgan fingerprint density at radius 2 is 2.13 bits per heavy atom. The number of carboxylic acid groups (broad SMARTS) is 1. The summed E-state index contributed by atoms with van der Waals surface area (Å²) in [7, 11) is 0. The highest BCUT2D eigenvalue weighted by Gasteiger charge is 2.17. The summed E-state index contributed by atoms with van der Waals surface area (Å²) in [6, 6.07) is 7.27. The van der Waals surface area contributed by atoms with Gasteiger partial charge >= 0.3 is 5.97 Å². The smallest absolute Gasteiger partial charge is 0.335 e. The minimum atomic E-state index is -0.903. The molecule has 23 heavy (non-hydrogen) atoms. The van der Waals surface area contributed by atoms with Crippen molar-refractivity contribution in [3.63, 3.8) is 0 Å². The number of carboxylic acids is 1. The molecule has 0 spiro atoms. The zero-order chi connectivity index (χ0) is 16.4. The van der Waals surface area contributed by atoms with E-state index in [-0.39, 0.29) is 0 Å². The second-order valence-electron chi connectivity index (χ2n) is 5.39. The van der Waals surface area contributed by atoms with Gasteiger partial charge in [-0.2, -0.15) is 0 Å². The molecule has 0 unspecified atom stereocenters. The van der Waals surface area contributed by atoms with E-state index in [0.717, 1.165) is 45.2 Å². The van der Waals surface area contributed by atoms with Crippen molar-refractivity contribution in [2.45, 2.75) is 19.3 Å². The first-order chi connectivity index (χ1) is 11.1. The van der Waals surface area contributed by atoms with Gasteiger partial charge in [0, 0.05) is 15.4 Å². The number of rotatable bonds is 6. The molecule has 4 nitrogen and oxygen atoms in total. The molecular weight excluding hydrogens is 376 g/mol. The molecule has 4 N–H and O–H groups in total. The number of nitrogens with two attached hydrogens (primary N) is 1. The Labute approximate surface area is 146 Å². The Balaban J connectivity index is 2.16. The molecule has 3 rings (SSSR count). The molecule has 0 saturated carbocycles. The van der Waals surface area contributed by atoms with Gasteiger partial charge in [-0.3, -0.25) is 0 Å². The first-order valence-electron chi connectivity index (χ1n) is 7.43. The maximum Gasteiger partial charge on any atom is 0.335 e. The van der Waals surface area contributed by atoms with Crippen LogP contribution < -0.4 is 5.73 Å². The first-order valence-corrected chi connectivity index (χ1v) is 9.10. The normalized spacial score (nSPS) is 11.2. The van der Waals surface area contributed by atoms with Crippen LogP contribution in [0.4, 0.5) is 0 Å². The number of aromatic nitrogens is 1. The number of nitrogens with one attached hydrogen (secondary N) is 1. The van der Waals surface area contributed by atoms with Crippen molar-refractivity contribution in [3.8, 4) is 10.6 Å². The summed E-state index contributed by atoms with van der Waals surface area (Å²) < 4.78 is 1.05. The van der Waals surface area contributed by atoms with Crippen molar-refractivity contribution in [2.75, 3.05) is 6.54 Å². The molecule has 0 saturated heterocycles. The molecule has 0 atom stereocenters. The van der Waals surface area contributed by atoms with Crippen molar-refractivity contribution < 1.29 is 9.90 Å². The Kier molecular flexibility index (Phi) is 4.84. The number of benzene rings is 1. The second-order valence-corrected chi connectivity index (χ2v) is 7.16. The molecule has 120 valence electrons. The predicted molar refractivity (Wildman–Crippen MR) is 98.3 cm³/mol. The van der Waals surface area contributed by atoms with E-state index in [9.17, 15) is 9.90 Å². The number of halogens is 1. The number of aryl methyl sites for hydroxylation is 1. The fraction of sp³-hybridized carbons (Fsp3) is 0.235. The van der Waals surface area contributed by atoms with Gasteiger partial charge in [-0.05, 0) is 76.9 Å². The van der Waals surface area contributed by atoms with Crippen LogP contribution in [-0.4, -0.2) is 22.6 Å². The van der Waals surface area contributed by atoms with E-state index in [4.69, 9.17) is 5.73 Å². The van der Waals surface area contributed by atoms with E-state index >= 15 is 0 Å². The monoisotopic (exact) mass is 392 g/mol. The predicted octanol–water partition coefficient (Wildman–Crippen LogP) is 4.64. The number of hydrogen-bond donors (Lipinski definition) is 3. The topological polar surface area (TPSA) is 79.1 Å². The van der Waals surface area contributed by atoms with E-state index in [0.29, 0.717) is 12.1 Å². The quantitative estimate of drug-likeness (QED) is 0.534. The molecule has 0 aliphatic heterocycles. The van der Waals surface area contributed by atoms with Crippen LogP contribution in [0, 0.1) is 0 Å². The van der Waals surface area contributed by atoms with Gasteiger partial charge in [0.15, 0.2) is 0 Å². The molecule has 6 heteroatoms. The largest absolute Gasteiger partial charge is 0.478 e. The van der Waals surface area contributed by atoms with Crippen molar-refractivity contribution >= 4 is 44.1 Å². The summed E-state index contributed by atoms with van der Waals surface area (Å²) in [5, 5.41) is 12.3. The summed E-state index contributed by atoms with van der Waals surface area (Å²) in [5.74, 6) is -0.903. The van der Waals surface area contributed by atoms with Crippen LogP contribution in [-0.2, 0) is 6.42 Å². The van der Waals surface area contributed by atoms with Gasteiger partial charge in [0.25, 0.3) is 0 Å². The van der Waals surface area contributed by atoms with Gasteiger partial charge in [0.05, 0.1) is 16.1 Å². The van der Waals surface area contributed by atoms with Crippen molar-refractivity contribution in [3.05, 3.63) is 45.2 Å². The molecule has 0 bridgehead atoms. The number of unbranched alkanes of at least 4 members (excludes halogenated alkanes) is 1. The number of thiophene rings is 1. The number of aromatic amines is 1. The van der Waals surface area contributed by atoms with Crippen LogP contribution in [0.5, 0.6) is 0 Å². The lowest BCUT2D eigenvalue weighted by Crippen LogP contribution is -1.99. The number of fused-ring (bicyclic) bond motifs is 1. The van der Waals surface area contributed by atoms with Crippen LogP contribution in [0.2, 0.25) is 0 Å². The van der Waals surface area contributed by atoms with Gasteiger partial charge in [-0.15, -0.1) is 11.3 Å². The Morgan fingerprint density at radius 3 is 2.78 bits per heavy atom. The molecule has 0 amide bonds. The van der Waals surface area contributed by atoms with Crippen LogP contribution in [0.3, 0.4) is 0 Å². The van der Waals surface area contributed by atoms with Gasteiger partial charge in [0.2, 0.25) is 0 Å². The minimum absolute atomic E-state index is 0.313. The van der Waals surface area contributed by atoms with Crippen LogP contribution in [0.25, 0.3) is 21.5 Å². The standard InChI is InChI=1S/C17H17BrN2O2S/c18-13-6-8-23-16(13)15-11(3-1-2-7-19)12-9-10(17(21)22)4-5-14(12)20-15/h4-6,8-9,20H,1-3,7,19H2,(H,21,22). The maximum atomic E-state index is 11.3. The van der Waals surface area contributed by atoms with E-state index in [1.807, 2.05) is 17.5 Å². The van der Waals surface area contributed by atoms with Gasteiger partial charge < -0.3 is 15.8 Å². The lowest BCUT2D eigenvalue weighted by atomic mass is 10.0. The zero-order valence-corrected chi connectivity index (χ0v) is 14.8. The van der Waals surface area contributed by atoms with Crippen molar-refractivity contribution in [2.24, 2.45) is 5.73 Å². The third-order valence-corrected chi connectivity index (χ3v) is 5.73. The van der Waals surface area contributed by atoms with Crippen molar-refractivity contribution in [1.82, 2.24) is 4.98 Å². The molecule has 2 heterocycles. The lowest BCUT2D eigenvalue weighted by molar-refractivity contribution is 0.0697. The van der Waals surface area contributed by atoms with Crippen LogP contribution in [0.15, 0.2) is 34.1 Å². The van der Waals surface area contributed by atoms with E-state index in [1.54, 1.807) is 23.5 Å². The SMILES string of the molecule is NCCCCc1c(-c2sccc2Br)[nH]c2ccc(C(=O)O)cc12. The van der Waals surface area contributed by atoms with E-state index < -0.39 is 5.97 Å². The number of carbonyl (C=O) groups is 1. The highest BCUT2D eigenvalue weighted by Crippen LogP contribution is 2.39. The summed E-state index contributed by atoms with van der Waals surface area (Å²) >= 11 is 5.25. The zero-order valence-electron chi connectivity index (χ0n) is 12.4. The highest BCUT2D eigenvalue weighted by atomic mass is 79.9. The number of aromatic carboxylic acids is 1. The highest BCUT2D eigenvalue weighted by molar-refractivity contribution is 9.10. The summed E-state index contributed by atoms with van der Waals surface area (Å²) in [6.45, 7) is 0.667. The third-order valence-electron chi connectivity index (χ3n) is 3.88. The van der Waals surface area contributed by atoms with Gasteiger partial charge in [-0.1, -0.05) is 0 Å². The summed E-state index contributed by atoms with van der Waals surface area (Å²) in [6.07, 6.45) is 2.81. The Morgan fingerprint density at radius 1 is 1.30 bits per heavy atom. The first kappa shape index (κ1) is 16.2. The van der Waals surface area contributed by atoms with Gasteiger partial charge in [0.1, 0.15) is 0 Å². The van der Waals surface area contributed by atoms with Crippen LogP contribution in [0.1, 0.15) is 28.8 Å². The minimum Gasteiger partial charge on any atom is -0.478 e. The fourth-order valence-corrected chi connectivity index (χ4v) is 4.35. The summed E-state index contributed by atoms with van der Waals surface area (Å²) in [4.78, 5) is 15.9. The molecule has 1 aromatic carbocycles. The fourth-order valence-electron chi connectivity index (χ4n) is 2.75. The molecule has 0 fully saturated rings. The van der Waals surface area contributed by atoms with Gasteiger partial charge in [-0.25, -0.2) is 4.79 Å². The molecule has 3 aromatic rings. The molecule has 2 aromatic heterocycles. The van der Waals surface area contributed by atoms with Crippen molar-refractivity contribution in [1.29, 1.82) is 0 Å². The second kappa shape index (κ2) is 6.86. The molecular formula is C17H17BrN2O2S.